The Labute approximate surface area is 69.6 Å². The lowest BCUT2D eigenvalue weighted by molar-refractivity contribution is 0.448. The molecule has 5 heteroatoms. The molecule has 11 heavy (non-hydrogen) atoms. The van der Waals surface area contributed by atoms with Crippen LogP contribution in [0.5, 0.6) is 0 Å². The van der Waals surface area contributed by atoms with E-state index in [1.165, 1.54) is 12.1 Å². The highest BCUT2D eigenvalue weighted by atomic mass is 35.5. The van der Waals surface area contributed by atoms with E-state index in [2.05, 4.69) is 0 Å². The van der Waals surface area contributed by atoms with Gasteiger partial charge < -0.3 is 10.0 Å². The largest absolute Gasteiger partial charge is 0.432 e. The van der Waals surface area contributed by atoms with Crippen LogP contribution in [0.1, 0.15) is 0 Å². The summed E-state index contributed by atoms with van der Waals surface area (Å²) >= 11 is 5.40. The van der Waals surface area contributed by atoms with Crippen molar-refractivity contribution >= 4 is 19.3 Å². The normalized spacial score (nSPS) is 8.00. The third-order valence-corrected chi connectivity index (χ3v) is 1.02. The van der Waals surface area contributed by atoms with Gasteiger partial charge in [0.2, 0.25) is 0 Å². The van der Waals surface area contributed by atoms with Crippen LogP contribution >= 0.6 is 11.6 Å². The molecule has 0 atom stereocenters. The Morgan fingerprint density at radius 2 is 1.91 bits per heavy atom. The van der Waals surface area contributed by atoms with Gasteiger partial charge in [-0.15, -0.1) is 0 Å². The Balaban J connectivity index is 0.000000292. The molecule has 0 radical (unpaired) electrons. The SMILES string of the molecule is Fc1cccc(Cl)c1.OBO. The van der Waals surface area contributed by atoms with Crippen LogP contribution in [0.2, 0.25) is 5.02 Å². The van der Waals surface area contributed by atoms with Crippen LogP contribution in [0, 0.1) is 5.82 Å². The predicted octanol–water partition coefficient (Wildman–Crippen LogP) is 0.717. The first-order valence-corrected chi connectivity index (χ1v) is 3.21. The topological polar surface area (TPSA) is 40.5 Å². The average molecular weight is 176 g/mol. The number of hydrogen-bond acceptors (Lipinski definition) is 2. The molecule has 1 rings (SSSR count). The van der Waals surface area contributed by atoms with Crippen molar-refractivity contribution in [1.82, 2.24) is 0 Å². The molecule has 60 valence electrons. The zero-order valence-electron chi connectivity index (χ0n) is 5.67. The molecule has 1 aromatic rings. The standard InChI is InChI=1S/C6H4ClF.BH3O2/c7-5-2-1-3-6(8)4-5;2-1-3/h1-4H;1-3H. The van der Waals surface area contributed by atoms with Gasteiger partial charge in [-0.2, -0.15) is 0 Å². The van der Waals surface area contributed by atoms with Crippen molar-refractivity contribution in [2.24, 2.45) is 0 Å². The van der Waals surface area contributed by atoms with Crippen LogP contribution < -0.4 is 0 Å². The van der Waals surface area contributed by atoms with Crippen molar-refractivity contribution in [2.75, 3.05) is 0 Å². The van der Waals surface area contributed by atoms with Crippen LogP contribution in [0.25, 0.3) is 0 Å². The maximum Gasteiger partial charge on any atom is 0.432 e. The van der Waals surface area contributed by atoms with Crippen molar-refractivity contribution in [2.45, 2.75) is 0 Å². The Morgan fingerprint density at radius 1 is 1.36 bits per heavy atom. The molecule has 0 saturated carbocycles. The van der Waals surface area contributed by atoms with Crippen LogP contribution in [-0.2, 0) is 0 Å². The van der Waals surface area contributed by atoms with Crippen molar-refractivity contribution in [3.05, 3.63) is 35.1 Å². The minimum absolute atomic E-state index is 0.294. The van der Waals surface area contributed by atoms with Crippen molar-refractivity contribution < 1.29 is 14.4 Å². The monoisotopic (exact) mass is 176 g/mol. The van der Waals surface area contributed by atoms with Gasteiger partial charge in [-0.3, -0.25) is 0 Å². The average Bonchev–Trinajstić information content (AvgIpc) is 1.88. The first kappa shape index (κ1) is 10.4. The maximum atomic E-state index is 12.1. The summed E-state index contributed by atoms with van der Waals surface area (Å²) in [6, 6.07) is 5.82. The van der Waals surface area contributed by atoms with E-state index in [4.69, 9.17) is 21.6 Å². The number of hydrogen-bond donors (Lipinski definition) is 2. The summed E-state index contributed by atoms with van der Waals surface area (Å²) < 4.78 is 12.1. The molecular formula is C6H7BClFO2. The second-order valence-corrected chi connectivity index (χ2v) is 2.02. The molecule has 1 aromatic carbocycles. The van der Waals surface area contributed by atoms with E-state index >= 15 is 0 Å². The van der Waals surface area contributed by atoms with Gasteiger partial charge in [0.15, 0.2) is 0 Å². The molecule has 0 amide bonds. The molecule has 0 spiro atoms. The Morgan fingerprint density at radius 3 is 2.18 bits per heavy atom. The van der Waals surface area contributed by atoms with Crippen LogP contribution in [-0.4, -0.2) is 17.7 Å². The lowest BCUT2D eigenvalue weighted by atomic mass is 10.4. The molecular weight excluding hydrogens is 169 g/mol. The van der Waals surface area contributed by atoms with Gasteiger partial charge in [0.25, 0.3) is 0 Å². The lowest BCUT2D eigenvalue weighted by Gasteiger charge is -1.85. The third kappa shape index (κ3) is 5.85. The van der Waals surface area contributed by atoms with Gasteiger partial charge in [0, 0.05) is 5.02 Å². The summed E-state index contributed by atoms with van der Waals surface area (Å²) in [5.74, 6) is -0.294. The first-order chi connectivity index (χ1) is 5.20. The Hall–Kier alpha value is -0.575. The van der Waals surface area contributed by atoms with Crippen molar-refractivity contribution in [3.8, 4) is 0 Å². The predicted molar refractivity (Wildman–Crippen MR) is 43.0 cm³/mol. The number of rotatable bonds is 0. The number of benzene rings is 1. The van der Waals surface area contributed by atoms with Gasteiger partial charge in [-0.25, -0.2) is 4.39 Å². The highest BCUT2D eigenvalue weighted by Crippen LogP contribution is 2.07. The van der Waals surface area contributed by atoms with Gasteiger partial charge in [0.05, 0.1) is 0 Å². The Bertz CT molecular complexity index is 192. The van der Waals surface area contributed by atoms with Crippen molar-refractivity contribution in [3.63, 3.8) is 0 Å². The molecule has 0 fully saturated rings. The molecule has 0 unspecified atom stereocenters. The third-order valence-electron chi connectivity index (χ3n) is 0.787. The fourth-order valence-electron chi connectivity index (χ4n) is 0.460. The quantitative estimate of drug-likeness (QED) is 0.572. The molecule has 0 aromatic heterocycles. The van der Waals surface area contributed by atoms with Crippen LogP contribution in [0.4, 0.5) is 4.39 Å². The van der Waals surface area contributed by atoms with Crippen molar-refractivity contribution in [1.29, 1.82) is 0 Å². The fraction of sp³-hybridized carbons (Fsp3) is 0. The number of halogens is 2. The summed E-state index contributed by atoms with van der Waals surface area (Å²) in [4.78, 5) is 0. The highest BCUT2D eigenvalue weighted by Gasteiger charge is 1.86. The van der Waals surface area contributed by atoms with E-state index in [0.29, 0.717) is 5.02 Å². The highest BCUT2D eigenvalue weighted by molar-refractivity contribution is 6.30. The van der Waals surface area contributed by atoms with E-state index in [1.54, 1.807) is 12.1 Å². The summed E-state index contributed by atoms with van der Waals surface area (Å²) in [6.07, 6.45) is 0. The smallest absolute Gasteiger partial charge is 0.430 e. The molecule has 0 aliphatic rings. The molecule has 2 N–H and O–H groups in total. The summed E-state index contributed by atoms with van der Waals surface area (Å²) in [5, 5.41) is 14.7. The molecule has 0 bridgehead atoms. The zero-order valence-corrected chi connectivity index (χ0v) is 6.42. The summed E-state index contributed by atoms with van der Waals surface area (Å²) in [6.45, 7) is 0. The van der Waals surface area contributed by atoms with E-state index < -0.39 is 7.69 Å². The van der Waals surface area contributed by atoms with E-state index in [9.17, 15) is 4.39 Å². The van der Waals surface area contributed by atoms with Crippen LogP contribution in [0.15, 0.2) is 24.3 Å². The van der Waals surface area contributed by atoms with E-state index in [1.807, 2.05) is 0 Å². The molecule has 0 saturated heterocycles. The molecule has 0 heterocycles. The van der Waals surface area contributed by atoms with Crippen LogP contribution in [0.3, 0.4) is 0 Å². The second kappa shape index (κ2) is 6.16. The lowest BCUT2D eigenvalue weighted by Crippen LogP contribution is -1.75. The molecule has 0 aliphatic heterocycles. The van der Waals surface area contributed by atoms with Gasteiger partial charge in [-0.05, 0) is 18.2 Å². The zero-order chi connectivity index (χ0) is 8.69. The Kier molecular flexibility index (Phi) is 5.83. The first-order valence-electron chi connectivity index (χ1n) is 2.83. The van der Waals surface area contributed by atoms with Gasteiger partial charge in [-0.1, -0.05) is 17.7 Å². The van der Waals surface area contributed by atoms with E-state index in [-0.39, 0.29) is 5.82 Å². The molecule has 0 aliphatic carbocycles. The second-order valence-electron chi connectivity index (χ2n) is 1.58. The van der Waals surface area contributed by atoms with E-state index in [0.717, 1.165) is 0 Å². The summed E-state index contributed by atoms with van der Waals surface area (Å²) in [7, 11) is -0.750. The summed E-state index contributed by atoms with van der Waals surface area (Å²) in [5.41, 5.74) is 0. The minimum Gasteiger partial charge on any atom is -0.430 e. The minimum atomic E-state index is -0.750. The van der Waals surface area contributed by atoms with Gasteiger partial charge >= 0.3 is 7.69 Å². The molecule has 2 nitrogen and oxygen atoms in total. The van der Waals surface area contributed by atoms with Gasteiger partial charge in [0.1, 0.15) is 5.82 Å². The maximum absolute atomic E-state index is 12.1. The fourth-order valence-corrected chi connectivity index (χ4v) is 0.637.